The van der Waals surface area contributed by atoms with Crippen LogP contribution in [-0.4, -0.2) is 20.1 Å². The Morgan fingerprint density at radius 3 is 2.46 bits per heavy atom. The molecule has 2 aromatic rings. The summed E-state index contributed by atoms with van der Waals surface area (Å²) in [5.74, 6) is -0.932. The molecular weight excluding hydrogens is 316 g/mol. The smallest absolute Gasteiger partial charge is 0.225 e. The first-order valence-corrected chi connectivity index (χ1v) is 7.39. The number of rotatable bonds is 6. The molecule has 1 N–H and O–H groups in total. The number of halogens is 2. The van der Waals surface area contributed by atoms with Gasteiger partial charge in [-0.05, 0) is 42.8 Å². The number of ether oxygens (including phenoxy) is 2. The van der Waals surface area contributed by atoms with Gasteiger partial charge in [-0.15, -0.1) is 0 Å². The van der Waals surface area contributed by atoms with Gasteiger partial charge in [-0.2, -0.15) is 0 Å². The number of hydrogen-bond donors (Lipinski definition) is 1. The van der Waals surface area contributed by atoms with Crippen LogP contribution in [0.1, 0.15) is 24.1 Å². The molecule has 0 saturated heterocycles. The molecule has 0 aromatic heterocycles. The Hall–Kier alpha value is -2.63. The fraction of sp³-hybridized carbons (Fsp3) is 0.278. The molecule has 0 aliphatic carbocycles. The molecule has 0 fully saturated rings. The Morgan fingerprint density at radius 1 is 1.08 bits per heavy atom. The summed E-state index contributed by atoms with van der Waals surface area (Å²) in [6.45, 7) is 1.70. The fourth-order valence-corrected chi connectivity index (χ4v) is 2.35. The Bertz CT molecular complexity index is 734. The molecule has 0 aliphatic heterocycles. The number of hydrogen-bond acceptors (Lipinski definition) is 3. The van der Waals surface area contributed by atoms with E-state index in [9.17, 15) is 13.6 Å². The van der Waals surface area contributed by atoms with Crippen LogP contribution in [0.5, 0.6) is 11.5 Å². The van der Waals surface area contributed by atoms with Crippen molar-refractivity contribution in [2.45, 2.75) is 19.4 Å². The Balaban J connectivity index is 2.08. The minimum absolute atomic E-state index is 0.0778. The quantitative estimate of drug-likeness (QED) is 0.880. The highest BCUT2D eigenvalue weighted by Crippen LogP contribution is 2.24. The van der Waals surface area contributed by atoms with Crippen LogP contribution < -0.4 is 14.8 Å². The van der Waals surface area contributed by atoms with Gasteiger partial charge in [0.25, 0.3) is 0 Å². The van der Waals surface area contributed by atoms with E-state index in [2.05, 4.69) is 5.32 Å². The second-order valence-corrected chi connectivity index (χ2v) is 5.32. The van der Waals surface area contributed by atoms with Crippen molar-refractivity contribution in [2.24, 2.45) is 0 Å². The van der Waals surface area contributed by atoms with Crippen molar-refractivity contribution in [2.75, 3.05) is 14.2 Å². The molecule has 0 radical (unpaired) electrons. The average molecular weight is 335 g/mol. The van der Waals surface area contributed by atoms with E-state index in [0.717, 1.165) is 12.1 Å². The lowest BCUT2D eigenvalue weighted by Gasteiger charge is -2.16. The summed E-state index contributed by atoms with van der Waals surface area (Å²) in [6.07, 6.45) is 0.0778. The summed E-state index contributed by atoms with van der Waals surface area (Å²) in [4.78, 5) is 12.2. The molecule has 2 rings (SSSR count). The maximum Gasteiger partial charge on any atom is 0.225 e. The van der Waals surface area contributed by atoms with Crippen molar-refractivity contribution in [1.29, 1.82) is 0 Å². The average Bonchev–Trinajstić information content (AvgIpc) is 2.57. The molecule has 128 valence electrons. The third-order valence-corrected chi connectivity index (χ3v) is 3.66. The van der Waals surface area contributed by atoms with Gasteiger partial charge in [-0.3, -0.25) is 4.79 Å². The van der Waals surface area contributed by atoms with Crippen LogP contribution in [0.15, 0.2) is 36.4 Å². The Kier molecular flexibility index (Phi) is 5.73. The lowest BCUT2D eigenvalue weighted by Crippen LogP contribution is -2.28. The van der Waals surface area contributed by atoms with E-state index in [0.29, 0.717) is 22.6 Å². The molecule has 6 heteroatoms. The van der Waals surface area contributed by atoms with E-state index >= 15 is 0 Å². The number of amides is 1. The zero-order valence-electron chi connectivity index (χ0n) is 13.7. The minimum atomic E-state index is -0.942. The van der Waals surface area contributed by atoms with Gasteiger partial charge in [0.05, 0.1) is 26.7 Å². The molecule has 4 nitrogen and oxygen atoms in total. The van der Waals surface area contributed by atoms with Crippen molar-refractivity contribution >= 4 is 5.91 Å². The molecule has 1 unspecified atom stereocenters. The van der Waals surface area contributed by atoms with Gasteiger partial charge < -0.3 is 14.8 Å². The topological polar surface area (TPSA) is 47.6 Å². The lowest BCUT2D eigenvalue weighted by molar-refractivity contribution is -0.121. The monoisotopic (exact) mass is 335 g/mol. The molecule has 24 heavy (non-hydrogen) atoms. The molecule has 0 spiro atoms. The normalized spacial score (nSPS) is 11.7. The van der Waals surface area contributed by atoms with E-state index in [4.69, 9.17) is 9.47 Å². The first-order chi connectivity index (χ1) is 11.4. The number of benzene rings is 2. The Labute approximate surface area is 139 Å². The summed E-state index contributed by atoms with van der Waals surface area (Å²) >= 11 is 0. The van der Waals surface area contributed by atoms with E-state index in [1.54, 1.807) is 25.1 Å². The van der Waals surface area contributed by atoms with E-state index in [-0.39, 0.29) is 12.3 Å². The molecule has 0 heterocycles. The maximum absolute atomic E-state index is 13.3. The third kappa shape index (κ3) is 4.22. The van der Waals surface area contributed by atoms with Crippen molar-refractivity contribution in [3.63, 3.8) is 0 Å². The predicted molar refractivity (Wildman–Crippen MR) is 86.2 cm³/mol. The minimum Gasteiger partial charge on any atom is -0.497 e. The van der Waals surface area contributed by atoms with Crippen LogP contribution in [0.3, 0.4) is 0 Å². The number of nitrogens with one attached hydrogen (secondary N) is 1. The number of carbonyl (C=O) groups is 1. The van der Waals surface area contributed by atoms with Crippen molar-refractivity contribution in [3.05, 3.63) is 59.2 Å². The predicted octanol–water partition coefficient (Wildman–Crippen LogP) is 3.40. The molecular formula is C18H19F2NO3. The highest BCUT2D eigenvalue weighted by molar-refractivity contribution is 5.80. The summed E-state index contributed by atoms with van der Waals surface area (Å²) in [5.41, 5.74) is 1.16. The van der Waals surface area contributed by atoms with E-state index < -0.39 is 17.7 Å². The summed E-state index contributed by atoms with van der Waals surface area (Å²) in [6, 6.07) is 8.29. The third-order valence-electron chi connectivity index (χ3n) is 3.66. The second-order valence-electron chi connectivity index (χ2n) is 5.32. The molecule has 1 amide bonds. The SMILES string of the molecule is COc1ccc(OC)c(CC(=O)NC(C)c2ccc(F)c(F)c2)c1. The molecule has 0 saturated carbocycles. The van der Waals surface area contributed by atoms with Gasteiger partial charge in [0, 0.05) is 5.56 Å². The first kappa shape index (κ1) is 17.7. The van der Waals surface area contributed by atoms with Crippen LogP contribution in [0.2, 0.25) is 0 Å². The van der Waals surface area contributed by atoms with Gasteiger partial charge >= 0.3 is 0 Å². The van der Waals surface area contributed by atoms with Crippen LogP contribution in [0.25, 0.3) is 0 Å². The largest absolute Gasteiger partial charge is 0.497 e. The highest BCUT2D eigenvalue weighted by Gasteiger charge is 2.15. The van der Waals surface area contributed by atoms with Crippen molar-refractivity contribution in [3.8, 4) is 11.5 Å². The molecule has 1 atom stereocenters. The van der Waals surface area contributed by atoms with Crippen LogP contribution in [0, 0.1) is 11.6 Å². The maximum atomic E-state index is 13.3. The highest BCUT2D eigenvalue weighted by atomic mass is 19.2. The zero-order valence-corrected chi connectivity index (χ0v) is 13.7. The second kappa shape index (κ2) is 7.77. The number of carbonyl (C=O) groups excluding carboxylic acids is 1. The van der Waals surface area contributed by atoms with E-state index in [1.807, 2.05) is 0 Å². The van der Waals surface area contributed by atoms with Gasteiger partial charge in [0.15, 0.2) is 11.6 Å². The number of methoxy groups -OCH3 is 2. The molecule has 0 bridgehead atoms. The first-order valence-electron chi connectivity index (χ1n) is 7.39. The molecule has 2 aromatic carbocycles. The van der Waals surface area contributed by atoms with Crippen LogP contribution in [0.4, 0.5) is 8.78 Å². The summed E-state index contributed by atoms with van der Waals surface area (Å²) in [5, 5.41) is 2.76. The van der Waals surface area contributed by atoms with E-state index in [1.165, 1.54) is 20.3 Å². The fourth-order valence-electron chi connectivity index (χ4n) is 2.35. The van der Waals surface area contributed by atoms with Crippen LogP contribution >= 0.6 is 0 Å². The summed E-state index contributed by atoms with van der Waals surface area (Å²) in [7, 11) is 3.06. The van der Waals surface area contributed by atoms with Gasteiger partial charge in [0.2, 0.25) is 5.91 Å². The van der Waals surface area contributed by atoms with Crippen molar-refractivity contribution in [1.82, 2.24) is 5.32 Å². The van der Waals surface area contributed by atoms with Gasteiger partial charge in [-0.25, -0.2) is 8.78 Å². The lowest BCUT2D eigenvalue weighted by atomic mass is 10.1. The van der Waals surface area contributed by atoms with Gasteiger partial charge in [-0.1, -0.05) is 6.07 Å². The summed E-state index contributed by atoms with van der Waals surface area (Å²) < 4.78 is 36.7. The molecule has 0 aliphatic rings. The van der Waals surface area contributed by atoms with Crippen LogP contribution in [-0.2, 0) is 11.2 Å². The van der Waals surface area contributed by atoms with Gasteiger partial charge in [0.1, 0.15) is 11.5 Å². The van der Waals surface area contributed by atoms with Crippen molar-refractivity contribution < 1.29 is 23.0 Å². The zero-order chi connectivity index (χ0) is 17.7. The standard InChI is InChI=1S/C18H19F2NO3/c1-11(12-4-6-15(19)16(20)9-12)21-18(22)10-13-8-14(23-2)5-7-17(13)24-3/h4-9,11H,10H2,1-3H3,(H,21,22). The Morgan fingerprint density at radius 2 is 1.83 bits per heavy atom.